The summed E-state index contributed by atoms with van der Waals surface area (Å²) in [6.07, 6.45) is 1.91. The van der Waals surface area contributed by atoms with Crippen LogP contribution in [0.2, 0.25) is 0 Å². The van der Waals surface area contributed by atoms with Gasteiger partial charge in [0.05, 0.1) is 22.9 Å². The zero-order valence-electron chi connectivity index (χ0n) is 29.8. The quantitative estimate of drug-likeness (QED) is 0.168. The van der Waals surface area contributed by atoms with Crippen LogP contribution in [0.1, 0.15) is 0 Å². The van der Waals surface area contributed by atoms with Crippen LogP contribution >= 0.6 is 0 Å². The molecule has 2 aromatic heterocycles. The lowest BCUT2D eigenvalue weighted by molar-refractivity contribution is 0.671. The summed E-state index contributed by atoms with van der Waals surface area (Å²) >= 11 is 0. The van der Waals surface area contributed by atoms with Gasteiger partial charge in [-0.1, -0.05) is 170 Å². The lowest BCUT2D eigenvalue weighted by atomic mass is 9.95. The molecule has 3 nitrogen and oxygen atoms in total. The zero-order valence-corrected chi connectivity index (χ0v) is 29.8. The largest absolute Gasteiger partial charge is 0.455 e. The third-order valence-electron chi connectivity index (χ3n) is 10.9. The summed E-state index contributed by atoms with van der Waals surface area (Å²) in [5, 5.41) is 6.87. The van der Waals surface area contributed by atoms with Gasteiger partial charge in [0.25, 0.3) is 0 Å². The Kier molecular flexibility index (Phi) is 7.17. The Bertz CT molecular complexity index is 3230. The Hall–Kier alpha value is -7.36. The smallest absolute Gasteiger partial charge is 0.143 e. The Balaban J connectivity index is 0.966. The average molecular weight is 701 g/mol. The van der Waals surface area contributed by atoms with E-state index in [0.29, 0.717) is 0 Å². The number of hydrogen-bond acceptors (Lipinski definition) is 3. The first kappa shape index (κ1) is 31.2. The molecule has 0 radical (unpaired) electrons. The molecule has 0 N–H and O–H groups in total. The van der Waals surface area contributed by atoms with Crippen molar-refractivity contribution in [2.45, 2.75) is 0 Å². The van der Waals surface area contributed by atoms with Gasteiger partial charge in [-0.3, -0.25) is 4.98 Å². The van der Waals surface area contributed by atoms with E-state index in [0.717, 1.165) is 99.5 Å². The Morgan fingerprint density at radius 3 is 1.35 bits per heavy atom. The highest BCUT2D eigenvalue weighted by Crippen LogP contribution is 2.41. The van der Waals surface area contributed by atoms with Gasteiger partial charge < -0.3 is 4.42 Å². The molecule has 256 valence electrons. The molecule has 0 unspecified atom stereocenters. The summed E-state index contributed by atoms with van der Waals surface area (Å²) in [7, 11) is 0. The maximum Gasteiger partial charge on any atom is 0.143 e. The molecule has 0 aliphatic carbocycles. The maximum atomic E-state index is 6.75. The number of nitrogens with zero attached hydrogens (tertiary/aromatic N) is 2. The van der Waals surface area contributed by atoms with Gasteiger partial charge in [0.15, 0.2) is 0 Å². The summed E-state index contributed by atoms with van der Waals surface area (Å²) in [5.41, 5.74) is 14.6. The van der Waals surface area contributed by atoms with Gasteiger partial charge in [-0.2, -0.15) is 0 Å². The van der Waals surface area contributed by atoms with E-state index in [9.17, 15) is 0 Å². The molecule has 11 aromatic rings. The van der Waals surface area contributed by atoms with E-state index < -0.39 is 0 Å². The van der Waals surface area contributed by atoms with Gasteiger partial charge in [0.2, 0.25) is 0 Å². The van der Waals surface area contributed by atoms with Crippen LogP contribution in [0.5, 0.6) is 0 Å². The summed E-state index contributed by atoms with van der Waals surface area (Å²) in [6, 6.07) is 66.5. The first-order chi connectivity index (χ1) is 27.3. The second kappa shape index (κ2) is 12.6. The first-order valence-electron chi connectivity index (χ1n) is 18.6. The van der Waals surface area contributed by atoms with Gasteiger partial charge in [0.1, 0.15) is 11.2 Å². The highest BCUT2D eigenvalue weighted by Gasteiger charge is 2.17. The molecule has 0 saturated heterocycles. The lowest BCUT2D eigenvalue weighted by Gasteiger charge is -2.11. The lowest BCUT2D eigenvalue weighted by Crippen LogP contribution is -1.92. The van der Waals surface area contributed by atoms with Crippen molar-refractivity contribution in [1.82, 2.24) is 9.97 Å². The summed E-state index contributed by atoms with van der Waals surface area (Å²) in [4.78, 5) is 10.3. The fourth-order valence-corrected chi connectivity index (χ4v) is 8.26. The van der Waals surface area contributed by atoms with Crippen molar-refractivity contribution in [1.29, 1.82) is 0 Å². The van der Waals surface area contributed by atoms with Crippen molar-refractivity contribution in [2.75, 3.05) is 0 Å². The third-order valence-corrected chi connectivity index (χ3v) is 10.9. The van der Waals surface area contributed by atoms with Crippen molar-refractivity contribution in [2.24, 2.45) is 0 Å². The number of fused-ring (bicyclic) bond motifs is 9. The molecule has 0 aliphatic heterocycles. The fourth-order valence-electron chi connectivity index (χ4n) is 8.26. The van der Waals surface area contributed by atoms with Gasteiger partial charge in [-0.05, 0) is 62.4 Å². The minimum atomic E-state index is 0.856. The topological polar surface area (TPSA) is 38.9 Å². The Morgan fingerprint density at radius 2 is 0.727 bits per heavy atom. The van der Waals surface area contributed by atoms with Crippen molar-refractivity contribution in [3.63, 3.8) is 0 Å². The van der Waals surface area contributed by atoms with Crippen LogP contribution in [0, 0.1) is 0 Å². The van der Waals surface area contributed by atoms with Gasteiger partial charge in [0, 0.05) is 38.2 Å². The monoisotopic (exact) mass is 700 g/mol. The second-order valence-corrected chi connectivity index (χ2v) is 14.1. The van der Waals surface area contributed by atoms with E-state index in [1.807, 2.05) is 12.3 Å². The summed E-state index contributed by atoms with van der Waals surface area (Å²) in [5.74, 6) is 0. The normalized spacial score (nSPS) is 11.6. The molecule has 55 heavy (non-hydrogen) atoms. The van der Waals surface area contributed by atoms with E-state index in [2.05, 4.69) is 182 Å². The van der Waals surface area contributed by atoms with Crippen LogP contribution in [0.25, 0.3) is 110 Å². The molecule has 0 atom stereocenters. The van der Waals surface area contributed by atoms with Crippen molar-refractivity contribution in [3.05, 3.63) is 194 Å². The predicted octanol–water partition coefficient (Wildman–Crippen LogP) is 14.2. The van der Waals surface area contributed by atoms with Gasteiger partial charge >= 0.3 is 0 Å². The Morgan fingerprint density at radius 1 is 0.309 bits per heavy atom. The molecular formula is C52H32N2O. The van der Waals surface area contributed by atoms with Crippen LogP contribution in [0.15, 0.2) is 199 Å². The van der Waals surface area contributed by atoms with E-state index in [1.54, 1.807) is 0 Å². The van der Waals surface area contributed by atoms with Crippen molar-refractivity contribution in [3.8, 4) is 55.8 Å². The van der Waals surface area contributed by atoms with Gasteiger partial charge in [-0.25, -0.2) is 4.98 Å². The van der Waals surface area contributed by atoms with Crippen LogP contribution < -0.4 is 0 Å². The molecule has 0 saturated carbocycles. The maximum absolute atomic E-state index is 6.75. The third kappa shape index (κ3) is 5.20. The molecule has 11 rings (SSSR count). The van der Waals surface area contributed by atoms with E-state index in [1.165, 1.54) is 10.8 Å². The minimum absolute atomic E-state index is 0.856. The molecule has 2 heterocycles. The highest BCUT2D eigenvalue weighted by molar-refractivity contribution is 6.23. The van der Waals surface area contributed by atoms with Crippen molar-refractivity contribution < 1.29 is 4.42 Å². The molecule has 0 aliphatic rings. The van der Waals surface area contributed by atoms with Crippen LogP contribution in [-0.2, 0) is 0 Å². The fraction of sp³-hybridized carbons (Fsp3) is 0. The molecule has 9 aromatic carbocycles. The van der Waals surface area contributed by atoms with E-state index >= 15 is 0 Å². The highest BCUT2D eigenvalue weighted by atomic mass is 16.3. The van der Waals surface area contributed by atoms with Crippen LogP contribution in [0.4, 0.5) is 0 Å². The first-order valence-corrected chi connectivity index (χ1v) is 18.6. The number of furan rings is 1. The number of benzene rings is 9. The Labute approximate surface area is 317 Å². The summed E-state index contributed by atoms with van der Waals surface area (Å²) in [6.45, 7) is 0. The molecule has 0 amide bonds. The second-order valence-electron chi connectivity index (χ2n) is 14.1. The zero-order chi connectivity index (χ0) is 36.3. The molecule has 3 heteroatoms. The molecule has 0 spiro atoms. The molecule has 0 bridgehead atoms. The predicted molar refractivity (Wildman–Crippen MR) is 229 cm³/mol. The summed E-state index contributed by atoms with van der Waals surface area (Å²) < 4.78 is 6.75. The number of rotatable bonds is 5. The van der Waals surface area contributed by atoms with E-state index in [4.69, 9.17) is 14.4 Å². The minimum Gasteiger partial charge on any atom is -0.455 e. The van der Waals surface area contributed by atoms with Crippen LogP contribution in [0.3, 0.4) is 0 Å². The number of para-hydroxylation sites is 2. The van der Waals surface area contributed by atoms with E-state index in [-0.39, 0.29) is 0 Å². The molecule has 0 fully saturated rings. The standard InChI is InChI=1S/C52H32N2O/c1-2-13-33(14-3-1)40-25-11-27-46-47-28-12-26-41(52(47)55-51(40)46)38-19-9-17-36(30-38)34-15-8-16-35(29-34)37-18-10-20-39(31-37)48-32-53-49-44-23-6-4-21-42(44)43-22-5-7-24-45(43)50(49)54-48/h1-32H. The average Bonchev–Trinajstić information content (AvgIpc) is 3.66. The van der Waals surface area contributed by atoms with Crippen molar-refractivity contribution >= 4 is 54.5 Å². The SMILES string of the molecule is c1ccc(-c2cccc3c2oc2c(-c4cccc(-c5cccc(-c6cccc(-c7cnc8c9ccccc9c9ccccc9c8n7)c6)c5)c4)cccc23)cc1. The number of aromatic nitrogens is 2. The number of hydrogen-bond donors (Lipinski definition) is 0. The van der Waals surface area contributed by atoms with Crippen LogP contribution in [-0.4, -0.2) is 9.97 Å². The van der Waals surface area contributed by atoms with Gasteiger partial charge in [-0.15, -0.1) is 0 Å². The molecular weight excluding hydrogens is 669 g/mol.